The van der Waals surface area contributed by atoms with Gasteiger partial charge in [0, 0.05) is 19.3 Å². The Morgan fingerprint density at radius 3 is 1.43 bits per heavy atom. The molecule has 0 radical (unpaired) electrons. The lowest BCUT2D eigenvalue weighted by Crippen LogP contribution is -2.60. The van der Waals surface area contributed by atoms with Gasteiger partial charge < -0.3 is 69.5 Å². The summed E-state index contributed by atoms with van der Waals surface area (Å²) in [7, 11) is 0. The van der Waals surface area contributed by atoms with Gasteiger partial charge in [-0.2, -0.15) is 0 Å². The normalized spacial score (nSPS) is 14.3. The summed E-state index contributed by atoms with van der Waals surface area (Å²) in [6.07, 6.45) is 6.70. The van der Waals surface area contributed by atoms with Crippen LogP contribution in [0.5, 0.6) is 0 Å². The molecule has 0 aromatic rings. The number of carboxylic acid groups (broad SMARTS) is 2. The van der Waals surface area contributed by atoms with Crippen LogP contribution in [0.1, 0.15) is 136 Å². The number of hydrogen-bond donors (Lipinski definition) is 13. The minimum atomic E-state index is -1.82. The number of carboxylic acids is 2. The number of carbonyl (C=O) groups is 10. The number of unbranched alkanes of at least 4 members (excludes halogenated alkanes) is 10. The molecule has 63 heavy (non-hydrogen) atoms. The largest absolute Gasteiger partial charge is 0.481 e. The van der Waals surface area contributed by atoms with E-state index in [1.807, 2.05) is 5.32 Å². The Balaban J connectivity index is 5.95. The van der Waals surface area contributed by atoms with Crippen LogP contribution >= 0.6 is 0 Å². The fourth-order valence-electron chi connectivity index (χ4n) is 6.23. The molecule has 8 amide bonds. The topological polar surface area (TPSA) is 402 Å². The summed E-state index contributed by atoms with van der Waals surface area (Å²) in [5, 5.41) is 52.1. The number of rotatable bonds is 37. The molecular weight excluding hydrogens is 830 g/mol. The van der Waals surface area contributed by atoms with Crippen LogP contribution in [-0.4, -0.2) is 135 Å². The molecule has 7 atom stereocenters. The number of carbonyl (C=O) groups excluding carboxylic acids is 8. The first-order valence-electron chi connectivity index (χ1n) is 21.6. The Labute approximate surface area is 367 Å². The van der Waals surface area contributed by atoms with Crippen molar-refractivity contribution in [3.05, 3.63) is 0 Å². The highest BCUT2D eigenvalue weighted by molar-refractivity contribution is 5.98. The third-order valence-electron chi connectivity index (χ3n) is 9.85. The number of aliphatic hydroxyl groups is 2. The first kappa shape index (κ1) is 57.6. The second-order valence-electron chi connectivity index (χ2n) is 15.4. The number of aliphatic hydroxyl groups excluding tert-OH is 2. The third-order valence-corrected chi connectivity index (χ3v) is 9.85. The Morgan fingerprint density at radius 1 is 0.508 bits per heavy atom. The number of nitrogens with one attached hydrogen (secondary N) is 6. The van der Waals surface area contributed by atoms with Crippen molar-refractivity contribution in [1.82, 2.24) is 31.9 Å². The van der Waals surface area contributed by atoms with Gasteiger partial charge in [0.1, 0.15) is 30.2 Å². The molecule has 0 spiro atoms. The van der Waals surface area contributed by atoms with E-state index in [4.69, 9.17) is 17.2 Å². The second kappa shape index (κ2) is 33.2. The van der Waals surface area contributed by atoms with E-state index in [9.17, 15) is 68.4 Å². The number of nitrogens with two attached hydrogens (primary N) is 3. The molecule has 0 bridgehead atoms. The fraction of sp³-hybridized carbons (Fsp3) is 0.750. The van der Waals surface area contributed by atoms with Gasteiger partial charge in [-0.25, -0.2) is 4.79 Å². The summed E-state index contributed by atoms with van der Waals surface area (Å²) in [5.74, 6) is -10.9. The Morgan fingerprint density at radius 2 is 0.952 bits per heavy atom. The van der Waals surface area contributed by atoms with Crippen LogP contribution in [0.15, 0.2) is 0 Å². The number of hydrogen-bond acceptors (Lipinski definition) is 13. The van der Waals surface area contributed by atoms with E-state index in [1.165, 1.54) is 25.7 Å². The van der Waals surface area contributed by atoms with Crippen molar-refractivity contribution in [2.45, 2.75) is 178 Å². The number of amides is 8. The number of primary amides is 2. The monoisotopic (exact) mass is 902 g/mol. The molecule has 23 heteroatoms. The zero-order valence-electron chi connectivity index (χ0n) is 36.5. The van der Waals surface area contributed by atoms with E-state index < -0.39 is 127 Å². The minimum absolute atomic E-state index is 0.0744. The summed E-state index contributed by atoms with van der Waals surface area (Å²) < 4.78 is 0. The first-order chi connectivity index (χ1) is 29.8. The van der Waals surface area contributed by atoms with E-state index in [0.717, 1.165) is 39.0 Å². The lowest BCUT2D eigenvalue weighted by molar-refractivity contribution is -0.145. The van der Waals surface area contributed by atoms with Crippen LogP contribution < -0.4 is 49.1 Å². The quantitative estimate of drug-likeness (QED) is 0.0294. The van der Waals surface area contributed by atoms with Crippen LogP contribution in [0.25, 0.3) is 0 Å². The van der Waals surface area contributed by atoms with Gasteiger partial charge in [-0.15, -0.1) is 0 Å². The molecule has 0 aliphatic carbocycles. The predicted octanol–water partition coefficient (Wildman–Crippen LogP) is -2.20. The molecule has 23 nitrogen and oxygen atoms in total. The van der Waals surface area contributed by atoms with Gasteiger partial charge in [0.25, 0.3) is 0 Å². The zero-order chi connectivity index (χ0) is 47.9. The van der Waals surface area contributed by atoms with Crippen molar-refractivity contribution < 1.29 is 68.4 Å². The van der Waals surface area contributed by atoms with Crippen LogP contribution in [-0.2, 0) is 47.9 Å². The summed E-state index contributed by atoms with van der Waals surface area (Å²) in [6.45, 7) is 2.33. The molecular formula is C40H71N9O14. The standard InChI is InChI=1S/C40H71N9O14/c1-3-4-5-6-7-8-9-10-11-12-16-32(54)44-26(17-19-30(42)52)36(58)47-28(22-31(43)53)38(60)48-29(23-50)39(61)45-25(15-13-14-21-41)35(57)46-27(18-20-33(55)56)37(59)49-34(24(2)51)40(62)63/h24-29,34,50-51H,3-23,41H2,1-2H3,(H2,42,52)(H2,43,53)(H,44,54)(H,45,61)(H,46,57)(H,47,58)(H,48,60)(H,49,59)(H,55,56)(H,62,63). The van der Waals surface area contributed by atoms with Gasteiger partial charge in [0.05, 0.1) is 19.1 Å². The van der Waals surface area contributed by atoms with E-state index in [1.54, 1.807) is 0 Å². The number of aliphatic carboxylic acids is 2. The van der Waals surface area contributed by atoms with E-state index in [-0.39, 0.29) is 38.6 Å². The summed E-state index contributed by atoms with van der Waals surface area (Å²) in [4.78, 5) is 126. The van der Waals surface area contributed by atoms with Crippen molar-refractivity contribution in [1.29, 1.82) is 0 Å². The van der Waals surface area contributed by atoms with Gasteiger partial charge in [-0.05, 0) is 52.0 Å². The third kappa shape index (κ3) is 26.6. The van der Waals surface area contributed by atoms with Crippen LogP contribution in [0.2, 0.25) is 0 Å². The average Bonchev–Trinajstić information content (AvgIpc) is 3.21. The van der Waals surface area contributed by atoms with Crippen molar-refractivity contribution in [3.63, 3.8) is 0 Å². The average molecular weight is 902 g/mol. The van der Waals surface area contributed by atoms with Crippen LogP contribution in [0, 0.1) is 0 Å². The highest BCUT2D eigenvalue weighted by atomic mass is 16.4. The van der Waals surface area contributed by atoms with Crippen molar-refractivity contribution in [3.8, 4) is 0 Å². The van der Waals surface area contributed by atoms with Gasteiger partial charge in [0.2, 0.25) is 47.3 Å². The molecule has 0 aliphatic rings. The molecule has 0 fully saturated rings. The lowest BCUT2D eigenvalue weighted by Gasteiger charge is -2.27. The molecule has 0 rings (SSSR count). The van der Waals surface area contributed by atoms with Crippen LogP contribution in [0.3, 0.4) is 0 Å². The summed E-state index contributed by atoms with van der Waals surface area (Å²) >= 11 is 0. The lowest BCUT2D eigenvalue weighted by atomic mass is 10.0. The molecule has 0 aromatic heterocycles. The first-order valence-corrected chi connectivity index (χ1v) is 21.6. The molecule has 360 valence electrons. The van der Waals surface area contributed by atoms with Gasteiger partial charge in [-0.3, -0.25) is 43.2 Å². The summed E-state index contributed by atoms with van der Waals surface area (Å²) in [5.41, 5.74) is 16.2. The Hall–Kier alpha value is -5.42. The van der Waals surface area contributed by atoms with Crippen molar-refractivity contribution in [2.75, 3.05) is 13.2 Å². The maximum atomic E-state index is 13.5. The van der Waals surface area contributed by atoms with Gasteiger partial charge in [0.15, 0.2) is 6.04 Å². The second-order valence-corrected chi connectivity index (χ2v) is 15.4. The van der Waals surface area contributed by atoms with Crippen LogP contribution in [0.4, 0.5) is 0 Å². The van der Waals surface area contributed by atoms with Gasteiger partial charge in [-0.1, -0.05) is 64.7 Å². The Bertz CT molecular complexity index is 1500. The molecule has 0 saturated carbocycles. The molecule has 0 aliphatic heterocycles. The smallest absolute Gasteiger partial charge is 0.328 e. The predicted molar refractivity (Wildman–Crippen MR) is 226 cm³/mol. The molecule has 0 heterocycles. The highest BCUT2D eigenvalue weighted by Crippen LogP contribution is 2.12. The highest BCUT2D eigenvalue weighted by Gasteiger charge is 2.34. The van der Waals surface area contributed by atoms with Gasteiger partial charge >= 0.3 is 11.9 Å². The van der Waals surface area contributed by atoms with E-state index in [0.29, 0.717) is 12.8 Å². The SMILES string of the molecule is CCCCCCCCCCCCC(=O)NC(CCC(N)=O)C(=O)NC(CC(N)=O)C(=O)NC(CO)C(=O)NC(CCCCN)C(=O)NC(CCC(=O)O)C(=O)NC(C(=O)O)C(C)O. The maximum absolute atomic E-state index is 13.5. The maximum Gasteiger partial charge on any atom is 0.328 e. The van der Waals surface area contributed by atoms with E-state index in [2.05, 4.69) is 33.5 Å². The molecule has 0 aromatic carbocycles. The molecule has 16 N–H and O–H groups in total. The molecule has 0 saturated heterocycles. The summed E-state index contributed by atoms with van der Waals surface area (Å²) in [6, 6.07) is -9.94. The Kier molecular flexibility index (Phi) is 30.3. The van der Waals surface area contributed by atoms with E-state index >= 15 is 0 Å². The van der Waals surface area contributed by atoms with Crippen molar-refractivity contribution >= 4 is 59.2 Å². The van der Waals surface area contributed by atoms with Crippen molar-refractivity contribution in [2.24, 2.45) is 17.2 Å². The fourth-order valence-corrected chi connectivity index (χ4v) is 6.23. The minimum Gasteiger partial charge on any atom is -0.481 e. The molecule has 7 unspecified atom stereocenters. The zero-order valence-corrected chi connectivity index (χ0v) is 36.5.